The Bertz CT molecular complexity index is 435. The van der Waals surface area contributed by atoms with Crippen LogP contribution in [0.1, 0.15) is 50.6 Å². The number of aromatic nitrogens is 2. The summed E-state index contributed by atoms with van der Waals surface area (Å²) < 4.78 is 5.20. The molecular formula is C12H18N2O2S2. The second-order valence-electron chi connectivity index (χ2n) is 4.69. The summed E-state index contributed by atoms with van der Waals surface area (Å²) in [5, 5.41) is 5.55. The molecule has 1 fully saturated rings. The topological polar surface area (TPSA) is 56.0 Å². The molecule has 1 saturated heterocycles. The smallest absolute Gasteiger partial charge is 0.236 e. The van der Waals surface area contributed by atoms with Gasteiger partial charge in [-0.05, 0) is 13.8 Å². The quantitative estimate of drug-likeness (QED) is 0.851. The Morgan fingerprint density at radius 3 is 2.78 bits per heavy atom. The normalized spacial score (nSPS) is 30.1. The first-order valence-corrected chi connectivity index (χ1v) is 8.09. The molecule has 0 saturated carbocycles. The summed E-state index contributed by atoms with van der Waals surface area (Å²) in [5.74, 6) is 1.93. The monoisotopic (exact) mass is 286 g/mol. The predicted octanol–water partition coefficient (Wildman–Crippen LogP) is 3.06. The highest BCUT2D eigenvalue weighted by atomic mass is 32.2. The fourth-order valence-electron chi connectivity index (χ4n) is 1.65. The Kier molecular flexibility index (Phi) is 4.37. The van der Waals surface area contributed by atoms with E-state index >= 15 is 0 Å². The number of carbonyl (C=O) groups excluding carboxylic acids is 1. The van der Waals surface area contributed by atoms with Crippen molar-refractivity contribution in [2.75, 3.05) is 5.75 Å². The van der Waals surface area contributed by atoms with E-state index in [0.29, 0.717) is 16.4 Å². The van der Waals surface area contributed by atoms with Gasteiger partial charge in [0.2, 0.25) is 5.89 Å². The zero-order valence-corrected chi connectivity index (χ0v) is 12.7. The van der Waals surface area contributed by atoms with Crippen LogP contribution in [0.25, 0.3) is 0 Å². The number of nitrogens with zero attached hydrogens (tertiary/aromatic N) is 2. The average Bonchev–Trinajstić information content (AvgIpc) is 2.81. The van der Waals surface area contributed by atoms with Crippen molar-refractivity contribution in [1.29, 1.82) is 0 Å². The number of hydrogen-bond acceptors (Lipinski definition) is 6. The minimum Gasteiger partial charge on any atom is -0.339 e. The van der Waals surface area contributed by atoms with Gasteiger partial charge in [0.05, 0.1) is 11.2 Å². The van der Waals surface area contributed by atoms with Crippen LogP contribution in [0.3, 0.4) is 0 Å². The number of ketones is 1. The second kappa shape index (κ2) is 5.65. The van der Waals surface area contributed by atoms with Gasteiger partial charge < -0.3 is 4.52 Å². The molecule has 4 unspecified atom stereocenters. The van der Waals surface area contributed by atoms with Crippen molar-refractivity contribution in [3.8, 4) is 0 Å². The van der Waals surface area contributed by atoms with E-state index in [1.54, 1.807) is 13.8 Å². The van der Waals surface area contributed by atoms with Crippen LogP contribution in [0.5, 0.6) is 0 Å². The first-order chi connectivity index (χ1) is 8.49. The lowest BCUT2D eigenvalue weighted by molar-refractivity contribution is -0.118. The van der Waals surface area contributed by atoms with Gasteiger partial charge in [0, 0.05) is 16.3 Å². The number of Topliss-reactive ketones (excluding diaryl/α,β-unsaturated/α-hetero) is 1. The van der Waals surface area contributed by atoms with E-state index in [1.165, 1.54) is 0 Å². The Balaban J connectivity index is 2.08. The molecular weight excluding hydrogens is 268 g/mol. The van der Waals surface area contributed by atoms with E-state index < -0.39 is 0 Å². The van der Waals surface area contributed by atoms with Gasteiger partial charge in [-0.2, -0.15) is 16.7 Å². The Morgan fingerprint density at radius 1 is 1.44 bits per heavy atom. The van der Waals surface area contributed by atoms with Gasteiger partial charge >= 0.3 is 0 Å². The largest absolute Gasteiger partial charge is 0.339 e. The van der Waals surface area contributed by atoms with Crippen molar-refractivity contribution < 1.29 is 9.32 Å². The molecule has 18 heavy (non-hydrogen) atoms. The summed E-state index contributed by atoms with van der Waals surface area (Å²) in [6, 6.07) is 0. The SMILES string of the molecule is CC(=O)C(C)c1nc(C2CSC(C)C(C)S2)no1. The van der Waals surface area contributed by atoms with Crippen molar-refractivity contribution in [1.82, 2.24) is 10.1 Å². The third kappa shape index (κ3) is 2.91. The zero-order valence-electron chi connectivity index (χ0n) is 11.0. The lowest BCUT2D eigenvalue weighted by Gasteiger charge is -2.29. The number of thioether (sulfide) groups is 2. The lowest BCUT2D eigenvalue weighted by atomic mass is 10.1. The van der Waals surface area contributed by atoms with E-state index in [4.69, 9.17) is 4.52 Å². The maximum atomic E-state index is 11.3. The third-order valence-corrected chi connectivity index (χ3v) is 6.66. The van der Waals surface area contributed by atoms with Crippen LogP contribution >= 0.6 is 23.5 Å². The maximum absolute atomic E-state index is 11.3. The van der Waals surface area contributed by atoms with Crippen LogP contribution in [0.15, 0.2) is 4.52 Å². The van der Waals surface area contributed by atoms with Crippen LogP contribution in [0.4, 0.5) is 0 Å². The van der Waals surface area contributed by atoms with Gasteiger partial charge in [-0.15, -0.1) is 11.8 Å². The van der Waals surface area contributed by atoms with Gasteiger partial charge in [-0.1, -0.05) is 19.0 Å². The molecule has 4 nitrogen and oxygen atoms in total. The highest BCUT2D eigenvalue weighted by Crippen LogP contribution is 2.43. The van der Waals surface area contributed by atoms with Crippen molar-refractivity contribution in [3.63, 3.8) is 0 Å². The minimum atomic E-state index is -0.302. The number of carbonyl (C=O) groups is 1. The van der Waals surface area contributed by atoms with E-state index in [1.807, 2.05) is 23.5 Å². The van der Waals surface area contributed by atoms with Crippen LogP contribution in [0.2, 0.25) is 0 Å². The minimum absolute atomic E-state index is 0.0536. The van der Waals surface area contributed by atoms with Gasteiger partial charge in [0.15, 0.2) is 5.82 Å². The summed E-state index contributed by atoms with van der Waals surface area (Å²) in [4.78, 5) is 15.7. The summed E-state index contributed by atoms with van der Waals surface area (Å²) in [7, 11) is 0. The van der Waals surface area contributed by atoms with Crippen LogP contribution in [0, 0.1) is 0 Å². The van der Waals surface area contributed by atoms with Crippen molar-refractivity contribution in [2.45, 2.75) is 49.4 Å². The first kappa shape index (κ1) is 13.9. The highest BCUT2D eigenvalue weighted by molar-refractivity contribution is 8.07. The summed E-state index contributed by atoms with van der Waals surface area (Å²) >= 11 is 3.83. The third-order valence-electron chi connectivity index (χ3n) is 3.28. The van der Waals surface area contributed by atoms with Crippen molar-refractivity contribution in [2.24, 2.45) is 0 Å². The molecule has 4 atom stereocenters. The standard InChI is InChI=1S/C12H18N2O2S2/c1-6(7(2)15)12-13-11(14-16-12)10-5-17-8(3)9(4)18-10/h6,8-10H,5H2,1-4H3. The molecule has 1 aliphatic heterocycles. The van der Waals surface area contributed by atoms with Crippen molar-refractivity contribution >= 4 is 29.3 Å². The Hall–Kier alpha value is -0.490. The van der Waals surface area contributed by atoms with Crippen LogP contribution in [-0.2, 0) is 4.79 Å². The van der Waals surface area contributed by atoms with E-state index in [9.17, 15) is 4.79 Å². The molecule has 2 rings (SSSR count). The van der Waals surface area contributed by atoms with Crippen LogP contribution < -0.4 is 0 Å². The fraction of sp³-hybridized carbons (Fsp3) is 0.750. The molecule has 1 aromatic rings. The molecule has 0 amide bonds. The molecule has 0 aromatic carbocycles. The molecule has 6 heteroatoms. The fourth-order valence-corrected chi connectivity index (χ4v) is 4.48. The maximum Gasteiger partial charge on any atom is 0.236 e. The molecule has 1 aliphatic rings. The summed E-state index contributed by atoms with van der Waals surface area (Å²) in [6.07, 6.45) is 0. The van der Waals surface area contributed by atoms with Crippen molar-refractivity contribution in [3.05, 3.63) is 11.7 Å². The predicted molar refractivity (Wildman–Crippen MR) is 75.1 cm³/mol. The molecule has 2 heterocycles. The zero-order chi connectivity index (χ0) is 13.3. The molecule has 0 N–H and O–H groups in total. The molecule has 1 aromatic heterocycles. The van der Waals surface area contributed by atoms with E-state index in [2.05, 4.69) is 24.0 Å². The van der Waals surface area contributed by atoms with Gasteiger partial charge in [-0.3, -0.25) is 4.79 Å². The molecule has 0 spiro atoms. The number of rotatable bonds is 3. The van der Waals surface area contributed by atoms with E-state index in [-0.39, 0.29) is 17.0 Å². The summed E-state index contributed by atoms with van der Waals surface area (Å²) in [5.41, 5.74) is 0. The average molecular weight is 286 g/mol. The summed E-state index contributed by atoms with van der Waals surface area (Å²) in [6.45, 7) is 7.82. The molecule has 0 bridgehead atoms. The Morgan fingerprint density at radius 2 is 2.17 bits per heavy atom. The molecule has 0 aliphatic carbocycles. The van der Waals surface area contributed by atoms with Gasteiger partial charge in [-0.25, -0.2) is 0 Å². The number of hydrogen-bond donors (Lipinski definition) is 0. The first-order valence-electron chi connectivity index (χ1n) is 6.10. The second-order valence-corrected chi connectivity index (χ2v) is 7.69. The Labute approximate surface area is 116 Å². The molecule has 0 radical (unpaired) electrons. The van der Waals surface area contributed by atoms with Gasteiger partial charge in [0.25, 0.3) is 0 Å². The lowest BCUT2D eigenvalue weighted by Crippen LogP contribution is -2.22. The van der Waals surface area contributed by atoms with E-state index in [0.717, 1.165) is 11.6 Å². The van der Waals surface area contributed by atoms with Crippen LogP contribution in [-0.4, -0.2) is 32.2 Å². The van der Waals surface area contributed by atoms with Gasteiger partial charge in [0.1, 0.15) is 5.78 Å². The highest BCUT2D eigenvalue weighted by Gasteiger charge is 2.30. The molecule has 100 valence electrons.